The predicted octanol–water partition coefficient (Wildman–Crippen LogP) is 4.80. The van der Waals surface area contributed by atoms with Gasteiger partial charge < -0.3 is 4.74 Å². The maximum atomic E-state index is 5.31. The lowest BCUT2D eigenvalue weighted by molar-refractivity contribution is 0.103. The van der Waals surface area contributed by atoms with Gasteiger partial charge in [-0.25, -0.2) is 0 Å². The molecule has 96 valence electrons. The first-order valence-electron chi connectivity index (χ1n) is 7.25. The minimum atomic E-state index is 0.441. The van der Waals surface area contributed by atoms with E-state index in [0.717, 1.165) is 11.8 Å². The summed E-state index contributed by atoms with van der Waals surface area (Å²) in [7, 11) is 1.82. The lowest BCUT2D eigenvalue weighted by atomic mass is 9.87. The highest BCUT2D eigenvalue weighted by atomic mass is 16.5. The molecule has 0 amide bonds. The molecule has 0 heterocycles. The maximum absolute atomic E-state index is 5.31. The first-order chi connectivity index (χ1) is 7.72. The molecule has 0 radical (unpaired) electrons. The van der Waals surface area contributed by atoms with Gasteiger partial charge in [0.2, 0.25) is 0 Å². The fourth-order valence-electron chi connectivity index (χ4n) is 2.92. The Bertz CT molecular complexity index is 159. The number of hydrogen-bond acceptors (Lipinski definition) is 1. The average Bonchev–Trinajstić information content (AvgIpc) is 2.54. The van der Waals surface area contributed by atoms with E-state index >= 15 is 0 Å². The van der Waals surface area contributed by atoms with Crippen LogP contribution in [0.1, 0.15) is 71.6 Å². The maximum Gasteiger partial charge on any atom is 0.0543 e. The Labute approximate surface area is 102 Å². The zero-order valence-corrected chi connectivity index (χ0v) is 11.5. The molecule has 16 heavy (non-hydrogen) atoms. The molecule has 1 rings (SSSR count). The van der Waals surface area contributed by atoms with Crippen LogP contribution in [-0.4, -0.2) is 13.2 Å². The largest absolute Gasteiger partial charge is 0.382 e. The second-order valence-electron chi connectivity index (χ2n) is 5.82. The molecule has 1 nitrogen and oxygen atoms in total. The lowest BCUT2D eigenvalue weighted by Crippen LogP contribution is -2.10. The van der Waals surface area contributed by atoms with Gasteiger partial charge in [0.15, 0.2) is 0 Å². The van der Waals surface area contributed by atoms with Crippen LogP contribution in [0.4, 0.5) is 0 Å². The molecule has 0 bridgehead atoms. The topological polar surface area (TPSA) is 9.23 Å². The van der Waals surface area contributed by atoms with Gasteiger partial charge in [-0.3, -0.25) is 0 Å². The van der Waals surface area contributed by atoms with Crippen molar-refractivity contribution in [3.05, 3.63) is 0 Å². The first kappa shape index (κ1) is 14.0. The normalized spacial score (nSPS) is 22.7. The van der Waals surface area contributed by atoms with Crippen LogP contribution in [0.15, 0.2) is 0 Å². The number of hydrogen-bond donors (Lipinski definition) is 0. The molecule has 1 aliphatic carbocycles. The van der Waals surface area contributed by atoms with E-state index in [1.54, 1.807) is 0 Å². The number of rotatable bonds is 6. The Morgan fingerprint density at radius 3 is 2.19 bits per heavy atom. The van der Waals surface area contributed by atoms with E-state index in [2.05, 4.69) is 13.8 Å². The molecule has 2 atom stereocenters. The van der Waals surface area contributed by atoms with Gasteiger partial charge in [0.05, 0.1) is 6.10 Å². The van der Waals surface area contributed by atoms with Gasteiger partial charge in [0, 0.05) is 7.11 Å². The van der Waals surface area contributed by atoms with E-state index in [9.17, 15) is 0 Å². The van der Waals surface area contributed by atoms with Crippen LogP contribution in [0.3, 0.4) is 0 Å². The van der Waals surface area contributed by atoms with Crippen molar-refractivity contribution in [1.29, 1.82) is 0 Å². The SMILES string of the molecule is COC(C)CCC(C)CC1CCCCCC1. The third-order valence-corrected chi connectivity index (χ3v) is 4.18. The van der Waals surface area contributed by atoms with Crippen LogP contribution in [0.5, 0.6) is 0 Å². The second kappa shape index (κ2) is 8.11. The third-order valence-electron chi connectivity index (χ3n) is 4.18. The molecule has 2 unspecified atom stereocenters. The van der Waals surface area contributed by atoms with Gasteiger partial charge in [-0.1, -0.05) is 45.4 Å². The molecule has 0 aliphatic heterocycles. The standard InChI is InChI=1S/C15H30O/c1-13(10-11-14(2)16-3)12-15-8-6-4-5-7-9-15/h13-15H,4-12H2,1-3H3. The number of ether oxygens (including phenoxy) is 1. The fraction of sp³-hybridized carbons (Fsp3) is 1.00. The van der Waals surface area contributed by atoms with Crippen molar-refractivity contribution in [3.8, 4) is 0 Å². The van der Waals surface area contributed by atoms with Gasteiger partial charge in [0.25, 0.3) is 0 Å². The molecule has 0 aromatic carbocycles. The van der Waals surface area contributed by atoms with Crippen LogP contribution in [0.25, 0.3) is 0 Å². The van der Waals surface area contributed by atoms with Crippen molar-refractivity contribution < 1.29 is 4.74 Å². The molecule has 0 N–H and O–H groups in total. The summed E-state index contributed by atoms with van der Waals surface area (Å²) < 4.78 is 5.31. The zero-order chi connectivity index (χ0) is 11.8. The van der Waals surface area contributed by atoms with Crippen molar-refractivity contribution in [2.45, 2.75) is 77.7 Å². The Morgan fingerprint density at radius 2 is 1.62 bits per heavy atom. The van der Waals surface area contributed by atoms with Crippen LogP contribution >= 0.6 is 0 Å². The van der Waals surface area contributed by atoms with Gasteiger partial charge >= 0.3 is 0 Å². The van der Waals surface area contributed by atoms with Gasteiger partial charge in [-0.15, -0.1) is 0 Å². The van der Waals surface area contributed by atoms with Crippen LogP contribution in [0, 0.1) is 11.8 Å². The van der Waals surface area contributed by atoms with E-state index in [1.165, 1.54) is 57.8 Å². The number of methoxy groups -OCH3 is 1. The van der Waals surface area contributed by atoms with E-state index in [4.69, 9.17) is 4.74 Å². The van der Waals surface area contributed by atoms with Gasteiger partial charge in [-0.05, 0) is 38.0 Å². The Hall–Kier alpha value is -0.0400. The molecule has 0 aromatic rings. The summed E-state index contributed by atoms with van der Waals surface area (Å²) in [5.41, 5.74) is 0. The predicted molar refractivity (Wildman–Crippen MR) is 70.7 cm³/mol. The second-order valence-corrected chi connectivity index (χ2v) is 5.82. The molecular formula is C15H30O. The summed E-state index contributed by atoms with van der Waals surface area (Å²) in [5.74, 6) is 1.91. The minimum absolute atomic E-state index is 0.441. The van der Waals surface area contributed by atoms with Crippen molar-refractivity contribution in [3.63, 3.8) is 0 Å². The van der Waals surface area contributed by atoms with Crippen LogP contribution < -0.4 is 0 Å². The van der Waals surface area contributed by atoms with E-state index < -0.39 is 0 Å². The van der Waals surface area contributed by atoms with E-state index in [0.29, 0.717) is 6.10 Å². The molecule has 1 saturated carbocycles. The van der Waals surface area contributed by atoms with Crippen molar-refractivity contribution in [2.24, 2.45) is 11.8 Å². The molecule has 0 spiro atoms. The Morgan fingerprint density at radius 1 is 1.00 bits per heavy atom. The molecule has 1 fully saturated rings. The Balaban J connectivity index is 2.14. The highest BCUT2D eigenvalue weighted by molar-refractivity contribution is 4.68. The summed E-state index contributed by atoms with van der Waals surface area (Å²) in [4.78, 5) is 0. The van der Waals surface area contributed by atoms with Crippen LogP contribution in [0.2, 0.25) is 0 Å². The van der Waals surface area contributed by atoms with Crippen molar-refractivity contribution >= 4 is 0 Å². The van der Waals surface area contributed by atoms with Gasteiger partial charge in [-0.2, -0.15) is 0 Å². The summed E-state index contributed by atoms with van der Waals surface area (Å²) in [6.45, 7) is 4.60. The highest BCUT2D eigenvalue weighted by Gasteiger charge is 2.15. The summed E-state index contributed by atoms with van der Waals surface area (Å²) in [6, 6.07) is 0. The average molecular weight is 226 g/mol. The highest BCUT2D eigenvalue weighted by Crippen LogP contribution is 2.29. The monoisotopic (exact) mass is 226 g/mol. The molecular weight excluding hydrogens is 196 g/mol. The van der Waals surface area contributed by atoms with E-state index in [-0.39, 0.29) is 0 Å². The third kappa shape index (κ3) is 5.89. The first-order valence-corrected chi connectivity index (χ1v) is 7.25. The van der Waals surface area contributed by atoms with Crippen molar-refractivity contribution in [2.75, 3.05) is 7.11 Å². The molecule has 1 heteroatoms. The Kier molecular flexibility index (Phi) is 7.11. The van der Waals surface area contributed by atoms with Crippen molar-refractivity contribution in [1.82, 2.24) is 0 Å². The van der Waals surface area contributed by atoms with E-state index in [1.807, 2.05) is 7.11 Å². The fourth-order valence-corrected chi connectivity index (χ4v) is 2.92. The quantitative estimate of drug-likeness (QED) is 0.591. The molecule has 0 saturated heterocycles. The smallest absolute Gasteiger partial charge is 0.0543 e. The summed E-state index contributed by atoms with van der Waals surface area (Å²) >= 11 is 0. The van der Waals surface area contributed by atoms with Crippen LogP contribution in [-0.2, 0) is 4.74 Å². The lowest BCUT2D eigenvalue weighted by Gasteiger charge is -2.20. The summed E-state index contributed by atoms with van der Waals surface area (Å²) in [5, 5.41) is 0. The zero-order valence-electron chi connectivity index (χ0n) is 11.5. The molecule has 1 aliphatic rings. The minimum Gasteiger partial charge on any atom is -0.382 e. The summed E-state index contributed by atoms with van der Waals surface area (Å²) in [6.07, 6.45) is 13.4. The van der Waals surface area contributed by atoms with Gasteiger partial charge in [0.1, 0.15) is 0 Å². The molecule has 0 aromatic heterocycles.